The third-order valence-electron chi connectivity index (χ3n) is 4.07. The number of nitrogens with one attached hydrogen (secondary N) is 1. The maximum absolute atomic E-state index is 12.7. The van der Waals surface area contributed by atoms with Gasteiger partial charge in [0.25, 0.3) is 5.91 Å². The summed E-state index contributed by atoms with van der Waals surface area (Å²) in [5.41, 5.74) is 0.728. The third kappa shape index (κ3) is 3.27. The van der Waals surface area contributed by atoms with Gasteiger partial charge in [0.1, 0.15) is 0 Å². The Bertz CT molecular complexity index is 757. The van der Waals surface area contributed by atoms with Crippen LogP contribution in [-0.2, 0) is 18.4 Å². The van der Waals surface area contributed by atoms with Crippen molar-refractivity contribution in [2.24, 2.45) is 7.05 Å². The molecule has 0 bridgehead atoms. The maximum atomic E-state index is 12.7. The van der Waals surface area contributed by atoms with Crippen molar-refractivity contribution in [3.63, 3.8) is 0 Å². The van der Waals surface area contributed by atoms with Crippen LogP contribution in [0.4, 0.5) is 0 Å². The average Bonchev–Trinajstić information content (AvgIpc) is 3.21. The monoisotopic (exact) mass is 328 g/mol. The Morgan fingerprint density at radius 2 is 2.17 bits per heavy atom. The highest BCUT2D eigenvalue weighted by Gasteiger charge is 2.34. The maximum Gasteiger partial charge on any atom is 0.290 e. The summed E-state index contributed by atoms with van der Waals surface area (Å²) < 4.78 is 1.71. The number of carbonyl (C=O) groups excluding carboxylic acids is 2. The minimum absolute atomic E-state index is 0.109. The summed E-state index contributed by atoms with van der Waals surface area (Å²) in [6.45, 7) is 2.48. The number of rotatable bonds is 4. The lowest BCUT2D eigenvalue weighted by atomic mass is 10.2. The SMILES string of the molecule is CC(=O)NCc1ccnc([C@@H]2CCCN2C(=O)c2nccn2C)n1. The fraction of sp³-hybridized carbons (Fsp3) is 0.438. The zero-order valence-corrected chi connectivity index (χ0v) is 13.8. The molecule has 1 aliphatic heterocycles. The minimum atomic E-state index is -0.161. The van der Waals surface area contributed by atoms with Crippen LogP contribution in [-0.4, -0.2) is 42.8 Å². The van der Waals surface area contributed by atoms with Crippen molar-refractivity contribution in [2.75, 3.05) is 6.54 Å². The molecule has 1 fully saturated rings. The van der Waals surface area contributed by atoms with E-state index in [1.54, 1.807) is 41.2 Å². The van der Waals surface area contributed by atoms with Crippen molar-refractivity contribution >= 4 is 11.8 Å². The molecule has 0 aliphatic carbocycles. The van der Waals surface area contributed by atoms with Crippen LogP contribution in [0.25, 0.3) is 0 Å². The van der Waals surface area contributed by atoms with E-state index in [9.17, 15) is 9.59 Å². The van der Waals surface area contributed by atoms with Gasteiger partial charge in [0.2, 0.25) is 5.91 Å². The molecule has 8 nitrogen and oxygen atoms in total. The van der Waals surface area contributed by atoms with Crippen molar-refractivity contribution in [3.8, 4) is 0 Å². The largest absolute Gasteiger partial charge is 0.351 e. The number of aromatic nitrogens is 4. The van der Waals surface area contributed by atoms with E-state index in [4.69, 9.17) is 0 Å². The van der Waals surface area contributed by atoms with Gasteiger partial charge in [-0.05, 0) is 18.9 Å². The predicted octanol–water partition coefficient (Wildman–Crippen LogP) is 0.823. The second-order valence-electron chi connectivity index (χ2n) is 5.83. The first-order valence-corrected chi connectivity index (χ1v) is 7.91. The van der Waals surface area contributed by atoms with Crippen LogP contribution < -0.4 is 5.32 Å². The number of nitrogens with zero attached hydrogens (tertiary/aromatic N) is 5. The Kier molecular flexibility index (Phi) is 4.54. The van der Waals surface area contributed by atoms with E-state index in [-0.39, 0.29) is 17.9 Å². The first-order valence-electron chi connectivity index (χ1n) is 7.91. The molecule has 0 radical (unpaired) electrons. The first-order chi connectivity index (χ1) is 11.6. The van der Waals surface area contributed by atoms with Gasteiger partial charge in [0.05, 0.1) is 18.3 Å². The van der Waals surface area contributed by atoms with Gasteiger partial charge in [-0.15, -0.1) is 0 Å². The Balaban J connectivity index is 1.80. The second-order valence-corrected chi connectivity index (χ2v) is 5.83. The molecule has 2 aromatic rings. The van der Waals surface area contributed by atoms with Gasteiger partial charge in [-0.25, -0.2) is 15.0 Å². The standard InChI is InChI=1S/C16H20N6O2/c1-11(23)19-10-12-5-6-17-14(20-12)13-4-3-8-22(13)16(24)15-18-7-9-21(15)2/h5-7,9,13H,3-4,8,10H2,1-2H3,(H,19,23)/t13-/m0/s1. The number of imidazole rings is 1. The quantitative estimate of drug-likeness (QED) is 0.897. The highest BCUT2D eigenvalue weighted by atomic mass is 16.2. The molecule has 0 unspecified atom stereocenters. The van der Waals surface area contributed by atoms with Crippen molar-refractivity contribution in [3.05, 3.63) is 42.0 Å². The fourth-order valence-corrected chi connectivity index (χ4v) is 2.87. The van der Waals surface area contributed by atoms with Crippen LogP contribution in [0, 0.1) is 0 Å². The lowest BCUT2D eigenvalue weighted by Gasteiger charge is -2.23. The zero-order valence-electron chi connectivity index (χ0n) is 13.8. The summed E-state index contributed by atoms with van der Waals surface area (Å²) in [6.07, 6.45) is 6.76. The summed E-state index contributed by atoms with van der Waals surface area (Å²) in [6, 6.07) is 1.60. The Hall–Kier alpha value is -2.77. The average molecular weight is 328 g/mol. The van der Waals surface area contributed by atoms with E-state index in [2.05, 4.69) is 20.3 Å². The number of hydrogen-bond acceptors (Lipinski definition) is 5. The van der Waals surface area contributed by atoms with E-state index in [0.29, 0.717) is 24.7 Å². The predicted molar refractivity (Wildman–Crippen MR) is 85.8 cm³/mol. The topological polar surface area (TPSA) is 93.0 Å². The molecule has 3 rings (SSSR count). The van der Waals surface area contributed by atoms with Gasteiger partial charge in [-0.1, -0.05) is 0 Å². The molecule has 1 N–H and O–H groups in total. The van der Waals surface area contributed by atoms with Crippen molar-refractivity contribution in [1.29, 1.82) is 0 Å². The van der Waals surface area contributed by atoms with E-state index in [0.717, 1.165) is 18.5 Å². The van der Waals surface area contributed by atoms with E-state index in [1.165, 1.54) is 6.92 Å². The molecule has 24 heavy (non-hydrogen) atoms. The van der Waals surface area contributed by atoms with Crippen molar-refractivity contribution in [1.82, 2.24) is 29.7 Å². The Morgan fingerprint density at radius 3 is 2.88 bits per heavy atom. The number of carbonyl (C=O) groups is 2. The van der Waals surface area contributed by atoms with E-state index in [1.807, 2.05) is 0 Å². The summed E-state index contributed by atoms with van der Waals surface area (Å²) in [5, 5.41) is 2.72. The summed E-state index contributed by atoms with van der Waals surface area (Å²) in [7, 11) is 1.80. The number of hydrogen-bond donors (Lipinski definition) is 1. The van der Waals surface area contributed by atoms with Crippen LogP contribution in [0.2, 0.25) is 0 Å². The molecule has 1 atom stereocenters. The molecule has 1 saturated heterocycles. The number of aryl methyl sites for hydroxylation is 1. The molecular formula is C16H20N6O2. The van der Waals surface area contributed by atoms with E-state index >= 15 is 0 Å². The van der Waals surface area contributed by atoms with Crippen molar-refractivity contribution in [2.45, 2.75) is 32.4 Å². The smallest absolute Gasteiger partial charge is 0.290 e. The van der Waals surface area contributed by atoms with Gasteiger partial charge in [0, 0.05) is 39.1 Å². The lowest BCUT2D eigenvalue weighted by Crippen LogP contribution is -2.33. The van der Waals surface area contributed by atoms with Crippen LogP contribution in [0.15, 0.2) is 24.7 Å². The molecule has 2 aromatic heterocycles. The molecule has 0 aromatic carbocycles. The number of amides is 2. The second kappa shape index (κ2) is 6.77. The van der Waals surface area contributed by atoms with Crippen LogP contribution in [0.5, 0.6) is 0 Å². The van der Waals surface area contributed by atoms with Gasteiger partial charge >= 0.3 is 0 Å². The van der Waals surface area contributed by atoms with Gasteiger partial charge in [-0.2, -0.15) is 0 Å². The zero-order chi connectivity index (χ0) is 17.1. The Morgan fingerprint density at radius 1 is 1.33 bits per heavy atom. The summed E-state index contributed by atoms with van der Waals surface area (Å²) in [5.74, 6) is 0.803. The summed E-state index contributed by atoms with van der Waals surface area (Å²) >= 11 is 0. The van der Waals surface area contributed by atoms with Gasteiger partial charge < -0.3 is 14.8 Å². The molecule has 2 amide bonds. The molecule has 1 aliphatic rings. The fourth-order valence-electron chi connectivity index (χ4n) is 2.87. The van der Waals surface area contributed by atoms with Gasteiger partial charge in [-0.3, -0.25) is 9.59 Å². The minimum Gasteiger partial charge on any atom is -0.351 e. The van der Waals surface area contributed by atoms with Crippen LogP contribution >= 0.6 is 0 Å². The summed E-state index contributed by atoms with van der Waals surface area (Å²) in [4.78, 5) is 38.6. The molecule has 3 heterocycles. The van der Waals surface area contributed by atoms with Gasteiger partial charge in [0.15, 0.2) is 11.6 Å². The highest BCUT2D eigenvalue weighted by Crippen LogP contribution is 2.30. The Labute approximate surface area is 139 Å². The molecule has 0 saturated carbocycles. The molecule has 8 heteroatoms. The number of likely N-dealkylation sites (tertiary alicyclic amines) is 1. The van der Waals surface area contributed by atoms with Crippen LogP contribution in [0.3, 0.4) is 0 Å². The highest BCUT2D eigenvalue weighted by molar-refractivity contribution is 5.91. The third-order valence-corrected chi connectivity index (χ3v) is 4.07. The van der Waals surface area contributed by atoms with E-state index < -0.39 is 0 Å². The first kappa shape index (κ1) is 16.1. The van der Waals surface area contributed by atoms with Crippen molar-refractivity contribution < 1.29 is 9.59 Å². The molecule has 126 valence electrons. The molecule has 0 spiro atoms. The molecular weight excluding hydrogens is 308 g/mol. The van der Waals surface area contributed by atoms with Crippen LogP contribution in [0.1, 0.15) is 47.9 Å². The lowest BCUT2D eigenvalue weighted by molar-refractivity contribution is -0.119. The normalized spacial score (nSPS) is 17.1.